The predicted molar refractivity (Wildman–Crippen MR) is 119 cm³/mol. The standard InChI is InChI=1S/C24H24FN5/c25-17-5-6-18-19-15-30(11-8-20(19)27-21(18)13-17)24-12-16-4-7-23(28-22(16)14-26-24)29-9-2-1-3-10-29/h4-7,12-14,27H,1-3,8-11,15H2. The summed E-state index contributed by atoms with van der Waals surface area (Å²) in [5.74, 6) is 1.83. The Hall–Kier alpha value is -3.15. The number of halogens is 1. The quantitative estimate of drug-likeness (QED) is 0.524. The van der Waals surface area contributed by atoms with Gasteiger partial charge in [0.05, 0.1) is 11.7 Å². The van der Waals surface area contributed by atoms with Crippen molar-refractivity contribution in [2.24, 2.45) is 0 Å². The fraction of sp³-hybridized carbons (Fsp3) is 0.333. The maximum atomic E-state index is 13.6. The van der Waals surface area contributed by atoms with Gasteiger partial charge in [0.1, 0.15) is 17.5 Å². The summed E-state index contributed by atoms with van der Waals surface area (Å²) >= 11 is 0. The van der Waals surface area contributed by atoms with Gasteiger partial charge in [0, 0.05) is 60.1 Å². The number of nitrogens with one attached hydrogen (secondary N) is 1. The number of benzene rings is 1. The third-order valence-electron chi connectivity index (χ3n) is 6.49. The number of hydrogen-bond acceptors (Lipinski definition) is 4. The normalized spacial score (nSPS) is 17.0. The molecule has 152 valence electrons. The van der Waals surface area contributed by atoms with E-state index in [-0.39, 0.29) is 5.82 Å². The zero-order valence-electron chi connectivity index (χ0n) is 16.9. The fourth-order valence-corrected chi connectivity index (χ4v) is 4.87. The molecule has 1 saturated heterocycles. The molecule has 0 atom stereocenters. The van der Waals surface area contributed by atoms with E-state index in [0.29, 0.717) is 0 Å². The van der Waals surface area contributed by atoms with Gasteiger partial charge in [-0.1, -0.05) is 0 Å². The molecule has 2 aliphatic rings. The lowest BCUT2D eigenvalue weighted by Crippen LogP contribution is -2.31. The van der Waals surface area contributed by atoms with E-state index < -0.39 is 0 Å². The molecule has 0 amide bonds. The summed E-state index contributed by atoms with van der Waals surface area (Å²) in [6, 6.07) is 11.4. The zero-order valence-corrected chi connectivity index (χ0v) is 16.9. The minimum atomic E-state index is -0.203. The van der Waals surface area contributed by atoms with Gasteiger partial charge in [-0.05, 0) is 55.7 Å². The predicted octanol–water partition coefficient (Wildman–Crippen LogP) is 4.80. The van der Waals surface area contributed by atoms with Gasteiger partial charge >= 0.3 is 0 Å². The summed E-state index contributed by atoms with van der Waals surface area (Å²) in [5.41, 5.74) is 4.28. The van der Waals surface area contributed by atoms with Crippen molar-refractivity contribution in [1.29, 1.82) is 0 Å². The van der Waals surface area contributed by atoms with Crippen molar-refractivity contribution in [2.45, 2.75) is 32.2 Å². The van der Waals surface area contributed by atoms with Crippen LogP contribution in [0.25, 0.3) is 21.8 Å². The Bertz CT molecular complexity index is 1240. The fourth-order valence-electron chi connectivity index (χ4n) is 4.87. The van der Waals surface area contributed by atoms with Crippen LogP contribution in [0.4, 0.5) is 16.0 Å². The number of H-pyrrole nitrogens is 1. The number of fused-ring (bicyclic) bond motifs is 4. The van der Waals surface area contributed by atoms with Crippen LogP contribution in [0.1, 0.15) is 30.5 Å². The van der Waals surface area contributed by atoms with E-state index in [1.165, 1.54) is 36.6 Å². The molecule has 0 spiro atoms. The summed E-state index contributed by atoms with van der Waals surface area (Å²) in [5, 5.41) is 2.22. The molecule has 0 aliphatic carbocycles. The first-order valence-corrected chi connectivity index (χ1v) is 10.8. The lowest BCUT2D eigenvalue weighted by atomic mass is 10.0. The van der Waals surface area contributed by atoms with Crippen LogP contribution < -0.4 is 9.80 Å². The molecule has 1 aromatic carbocycles. The maximum Gasteiger partial charge on any atom is 0.129 e. The average Bonchev–Trinajstić information content (AvgIpc) is 3.15. The SMILES string of the molecule is Fc1ccc2c3c([nH]c2c1)CCN(c1cc2ccc(N4CCCCC4)nc2cn1)C3. The number of piperidine rings is 1. The molecule has 5 nitrogen and oxygen atoms in total. The molecule has 30 heavy (non-hydrogen) atoms. The molecular formula is C24H24FN5. The average molecular weight is 401 g/mol. The first kappa shape index (κ1) is 17.7. The number of pyridine rings is 2. The molecule has 0 saturated carbocycles. The molecule has 5 heterocycles. The van der Waals surface area contributed by atoms with Crippen molar-refractivity contribution < 1.29 is 4.39 Å². The van der Waals surface area contributed by atoms with Crippen molar-refractivity contribution >= 4 is 33.4 Å². The number of hydrogen-bond donors (Lipinski definition) is 1. The summed E-state index contributed by atoms with van der Waals surface area (Å²) < 4.78 is 13.6. The molecule has 6 rings (SSSR count). The Kier molecular flexibility index (Phi) is 4.11. The van der Waals surface area contributed by atoms with Gasteiger partial charge in [0.2, 0.25) is 0 Å². The monoisotopic (exact) mass is 401 g/mol. The topological polar surface area (TPSA) is 48.1 Å². The Balaban J connectivity index is 1.30. The lowest BCUT2D eigenvalue weighted by Gasteiger charge is -2.29. The van der Waals surface area contributed by atoms with E-state index in [0.717, 1.165) is 66.0 Å². The Labute approximate surface area is 174 Å². The maximum absolute atomic E-state index is 13.6. The van der Waals surface area contributed by atoms with E-state index in [1.54, 1.807) is 6.07 Å². The van der Waals surface area contributed by atoms with Crippen LogP contribution >= 0.6 is 0 Å². The largest absolute Gasteiger partial charge is 0.358 e. The summed E-state index contributed by atoms with van der Waals surface area (Å²) in [6.07, 6.45) is 6.61. The highest BCUT2D eigenvalue weighted by Gasteiger charge is 2.22. The van der Waals surface area contributed by atoms with Gasteiger partial charge in [-0.3, -0.25) is 0 Å². The molecule has 2 aliphatic heterocycles. The van der Waals surface area contributed by atoms with Gasteiger partial charge in [0.15, 0.2) is 0 Å². The molecule has 0 radical (unpaired) electrons. The first-order valence-electron chi connectivity index (χ1n) is 10.8. The van der Waals surface area contributed by atoms with Gasteiger partial charge in [0.25, 0.3) is 0 Å². The third-order valence-corrected chi connectivity index (χ3v) is 6.49. The van der Waals surface area contributed by atoms with Crippen LogP contribution in [0.2, 0.25) is 0 Å². The van der Waals surface area contributed by atoms with E-state index >= 15 is 0 Å². The summed E-state index contributed by atoms with van der Waals surface area (Å²) in [6.45, 7) is 3.85. The highest BCUT2D eigenvalue weighted by molar-refractivity contribution is 5.86. The lowest BCUT2D eigenvalue weighted by molar-refractivity contribution is 0.574. The molecule has 1 fully saturated rings. The second kappa shape index (κ2) is 6.97. The van der Waals surface area contributed by atoms with E-state index in [2.05, 4.69) is 33.0 Å². The first-order chi connectivity index (χ1) is 14.7. The van der Waals surface area contributed by atoms with E-state index in [4.69, 9.17) is 9.97 Å². The minimum Gasteiger partial charge on any atom is -0.358 e. The molecule has 3 aromatic heterocycles. The Morgan fingerprint density at radius 2 is 1.80 bits per heavy atom. The molecule has 4 aromatic rings. The van der Waals surface area contributed by atoms with Crippen LogP contribution in [0.15, 0.2) is 42.6 Å². The molecule has 0 unspecified atom stereocenters. The van der Waals surface area contributed by atoms with Crippen LogP contribution in [-0.2, 0) is 13.0 Å². The Morgan fingerprint density at radius 1 is 0.900 bits per heavy atom. The van der Waals surface area contributed by atoms with Gasteiger partial charge < -0.3 is 14.8 Å². The van der Waals surface area contributed by atoms with Crippen LogP contribution in [0.3, 0.4) is 0 Å². The van der Waals surface area contributed by atoms with Crippen molar-refractivity contribution in [1.82, 2.24) is 15.0 Å². The van der Waals surface area contributed by atoms with Gasteiger partial charge in [-0.25, -0.2) is 14.4 Å². The van der Waals surface area contributed by atoms with Crippen LogP contribution in [0, 0.1) is 5.82 Å². The van der Waals surface area contributed by atoms with Crippen LogP contribution in [0.5, 0.6) is 0 Å². The van der Waals surface area contributed by atoms with E-state index in [9.17, 15) is 4.39 Å². The Morgan fingerprint density at radius 3 is 2.70 bits per heavy atom. The van der Waals surface area contributed by atoms with E-state index in [1.807, 2.05) is 12.3 Å². The number of nitrogens with zero attached hydrogens (tertiary/aromatic N) is 4. The van der Waals surface area contributed by atoms with Gasteiger partial charge in [-0.2, -0.15) is 0 Å². The third kappa shape index (κ3) is 2.98. The van der Waals surface area contributed by atoms with Crippen LogP contribution in [-0.4, -0.2) is 34.6 Å². The van der Waals surface area contributed by atoms with Crippen molar-refractivity contribution in [3.05, 3.63) is 59.7 Å². The molecule has 6 heteroatoms. The van der Waals surface area contributed by atoms with Crippen molar-refractivity contribution in [3.63, 3.8) is 0 Å². The van der Waals surface area contributed by atoms with Crippen molar-refractivity contribution in [3.8, 4) is 0 Å². The number of aromatic amines is 1. The highest BCUT2D eigenvalue weighted by atomic mass is 19.1. The molecule has 0 bridgehead atoms. The number of aromatic nitrogens is 3. The highest BCUT2D eigenvalue weighted by Crippen LogP contribution is 2.31. The summed E-state index contributed by atoms with van der Waals surface area (Å²) in [4.78, 5) is 17.7. The zero-order chi connectivity index (χ0) is 20.1. The number of rotatable bonds is 2. The van der Waals surface area contributed by atoms with Gasteiger partial charge in [-0.15, -0.1) is 0 Å². The second-order valence-electron chi connectivity index (χ2n) is 8.40. The number of anilines is 2. The van der Waals surface area contributed by atoms with Crippen molar-refractivity contribution in [2.75, 3.05) is 29.4 Å². The smallest absolute Gasteiger partial charge is 0.129 e. The second-order valence-corrected chi connectivity index (χ2v) is 8.40. The molecular weight excluding hydrogens is 377 g/mol. The molecule has 1 N–H and O–H groups in total. The summed E-state index contributed by atoms with van der Waals surface area (Å²) in [7, 11) is 0. The minimum absolute atomic E-state index is 0.203.